The van der Waals surface area contributed by atoms with Crippen LogP contribution in [-0.4, -0.2) is 17.5 Å². The maximum Gasteiger partial charge on any atom is 0.431 e. The maximum absolute atomic E-state index is 12.5. The largest absolute Gasteiger partial charge is 0.431 e. The second-order valence-corrected chi connectivity index (χ2v) is 8.52. The predicted octanol–water partition coefficient (Wildman–Crippen LogP) is 3.15. The van der Waals surface area contributed by atoms with Crippen molar-refractivity contribution in [2.45, 2.75) is 71.2 Å². The number of carbonyl (C=O) groups excluding carboxylic acids is 2. The quantitative estimate of drug-likeness (QED) is 0.770. The van der Waals surface area contributed by atoms with Crippen molar-refractivity contribution in [2.24, 2.45) is 23.2 Å². The molecule has 0 unspecified atom stereocenters. The van der Waals surface area contributed by atoms with Gasteiger partial charge < -0.3 is 10.2 Å². The van der Waals surface area contributed by atoms with Gasteiger partial charge in [-0.1, -0.05) is 0 Å². The molecule has 4 aliphatic carbocycles. The van der Waals surface area contributed by atoms with E-state index in [2.05, 4.69) is 5.32 Å². The molecule has 4 saturated carbocycles. The number of amides is 2. The maximum atomic E-state index is 12.5. The molecule has 0 radical (unpaired) electrons. The third kappa shape index (κ3) is 3.55. The fraction of sp³-hybridized carbons (Fsp3) is 0.882. The summed E-state index contributed by atoms with van der Waals surface area (Å²) in [6.45, 7) is 5.39. The summed E-state index contributed by atoms with van der Waals surface area (Å²) in [6, 6.07) is 0. The molecule has 5 nitrogen and oxygen atoms in total. The van der Waals surface area contributed by atoms with Gasteiger partial charge in [0, 0.05) is 14.7 Å². The summed E-state index contributed by atoms with van der Waals surface area (Å²) in [4.78, 5) is 28.9. The highest BCUT2D eigenvalue weighted by molar-refractivity contribution is 5.78. The van der Waals surface area contributed by atoms with Gasteiger partial charge in [0.25, 0.3) is 5.91 Å². The van der Waals surface area contributed by atoms with Crippen LogP contribution in [0.25, 0.3) is 0 Å². The molecular formula is C17H28N2O3. The Morgan fingerprint density at radius 2 is 1.64 bits per heavy atom. The number of nitrogens with one attached hydrogen (secondary N) is 2. The highest BCUT2D eigenvalue weighted by Gasteiger charge is 2.51. The van der Waals surface area contributed by atoms with Gasteiger partial charge in [-0.25, -0.2) is 4.79 Å². The van der Waals surface area contributed by atoms with Crippen molar-refractivity contribution in [1.29, 1.82) is 0 Å². The first-order chi connectivity index (χ1) is 11.0. The standard InChI is InChI=1S/C17H28N2O3/c1-16(2,3)18-15(21)22-19-14(20)10-17-7-11-4-12(8-17)6-13(5-11)9-17/h11-13H,4-10H2,1-3H3,(H,18,21)(H,19,20)/i10D2. The van der Waals surface area contributed by atoms with Gasteiger partial charge in [0.2, 0.25) is 0 Å². The molecule has 5 heteroatoms. The molecule has 4 aliphatic rings. The van der Waals surface area contributed by atoms with Crippen LogP contribution in [0.4, 0.5) is 4.79 Å². The zero-order chi connectivity index (χ0) is 17.8. The van der Waals surface area contributed by atoms with E-state index in [1.807, 2.05) is 5.48 Å². The number of hydrogen-bond donors (Lipinski definition) is 2. The smallest absolute Gasteiger partial charge is 0.322 e. The number of hydrogen-bond acceptors (Lipinski definition) is 3. The Morgan fingerprint density at radius 3 is 2.09 bits per heavy atom. The molecule has 0 aromatic heterocycles. The third-order valence-corrected chi connectivity index (χ3v) is 5.13. The zero-order valence-corrected chi connectivity index (χ0v) is 13.7. The summed E-state index contributed by atoms with van der Waals surface area (Å²) in [7, 11) is 0. The molecule has 22 heavy (non-hydrogen) atoms. The fourth-order valence-corrected chi connectivity index (χ4v) is 4.95. The fourth-order valence-electron chi connectivity index (χ4n) is 4.95. The van der Waals surface area contributed by atoms with Gasteiger partial charge in [-0.2, -0.15) is 5.48 Å². The molecule has 4 fully saturated rings. The van der Waals surface area contributed by atoms with Crippen molar-refractivity contribution in [3.63, 3.8) is 0 Å². The normalized spacial score (nSPS) is 38.0. The van der Waals surface area contributed by atoms with E-state index < -0.39 is 29.3 Å². The summed E-state index contributed by atoms with van der Waals surface area (Å²) in [5.41, 5.74) is 0.957. The van der Waals surface area contributed by atoms with E-state index in [9.17, 15) is 9.59 Å². The average molecular weight is 310 g/mol. The van der Waals surface area contributed by atoms with Crippen LogP contribution in [0, 0.1) is 23.2 Å². The minimum atomic E-state index is -2.02. The van der Waals surface area contributed by atoms with Crippen molar-refractivity contribution in [1.82, 2.24) is 10.8 Å². The van der Waals surface area contributed by atoms with Gasteiger partial charge in [-0.05, 0) is 82.5 Å². The average Bonchev–Trinajstić information content (AvgIpc) is 2.41. The topological polar surface area (TPSA) is 67.4 Å². The summed E-state index contributed by atoms with van der Waals surface area (Å²) in [5, 5.41) is 2.56. The minimum Gasteiger partial charge on any atom is -0.322 e. The van der Waals surface area contributed by atoms with Crippen molar-refractivity contribution in [3.05, 3.63) is 0 Å². The Bertz CT molecular complexity index is 507. The summed E-state index contributed by atoms with van der Waals surface area (Å²) in [5.74, 6) is 0.797. The lowest BCUT2D eigenvalue weighted by molar-refractivity contribution is -0.137. The zero-order valence-electron chi connectivity index (χ0n) is 15.7. The van der Waals surface area contributed by atoms with E-state index in [1.54, 1.807) is 20.8 Å². The lowest BCUT2D eigenvalue weighted by atomic mass is 9.49. The van der Waals surface area contributed by atoms with E-state index in [0.29, 0.717) is 17.8 Å². The van der Waals surface area contributed by atoms with Crippen LogP contribution >= 0.6 is 0 Å². The lowest BCUT2D eigenvalue weighted by Gasteiger charge is -2.56. The van der Waals surface area contributed by atoms with Gasteiger partial charge in [0.15, 0.2) is 0 Å². The van der Waals surface area contributed by atoms with Gasteiger partial charge in [-0.3, -0.25) is 4.79 Å². The van der Waals surface area contributed by atoms with Crippen LogP contribution in [0.2, 0.25) is 0 Å². The summed E-state index contributed by atoms with van der Waals surface area (Å²) in [6.07, 6.45) is 3.06. The van der Waals surface area contributed by atoms with Gasteiger partial charge in [0.05, 0.1) is 0 Å². The van der Waals surface area contributed by atoms with Crippen molar-refractivity contribution < 1.29 is 17.2 Å². The van der Waals surface area contributed by atoms with E-state index >= 15 is 0 Å². The van der Waals surface area contributed by atoms with E-state index in [0.717, 1.165) is 19.3 Å². The molecule has 2 N–H and O–H groups in total. The predicted molar refractivity (Wildman–Crippen MR) is 82.7 cm³/mol. The van der Waals surface area contributed by atoms with E-state index in [1.165, 1.54) is 19.3 Å². The second kappa shape index (κ2) is 5.43. The van der Waals surface area contributed by atoms with Crippen LogP contribution in [0.1, 0.15) is 68.4 Å². The molecular weight excluding hydrogens is 280 g/mol. The van der Waals surface area contributed by atoms with E-state index in [4.69, 9.17) is 7.58 Å². The number of hydroxylamine groups is 1. The van der Waals surface area contributed by atoms with Crippen molar-refractivity contribution >= 4 is 12.0 Å². The first kappa shape index (κ1) is 13.2. The molecule has 0 heterocycles. The first-order valence-corrected chi connectivity index (χ1v) is 8.30. The Hall–Kier alpha value is -1.26. The molecule has 4 rings (SSSR count). The Labute approximate surface area is 135 Å². The third-order valence-electron chi connectivity index (χ3n) is 5.13. The molecule has 0 aromatic carbocycles. The van der Waals surface area contributed by atoms with Crippen LogP contribution in [0.5, 0.6) is 0 Å². The highest BCUT2D eigenvalue weighted by atomic mass is 16.7. The molecule has 0 saturated heterocycles. The van der Waals surface area contributed by atoms with Crippen molar-refractivity contribution in [3.8, 4) is 0 Å². The lowest BCUT2D eigenvalue weighted by Crippen LogP contribution is -2.48. The number of rotatable bonds is 2. The SMILES string of the molecule is [2H]C([2H])(C(=O)NOC(=O)NC(C)(C)C)C12CC3CC(CC(C3)C1)C2. The molecule has 0 atom stereocenters. The molecule has 124 valence electrons. The second-order valence-electron chi connectivity index (χ2n) is 8.52. The van der Waals surface area contributed by atoms with Crippen molar-refractivity contribution in [2.75, 3.05) is 0 Å². The van der Waals surface area contributed by atoms with Crippen LogP contribution in [-0.2, 0) is 9.63 Å². The number of carbonyl (C=O) groups is 2. The molecule has 0 spiro atoms. The van der Waals surface area contributed by atoms with E-state index in [-0.39, 0.29) is 0 Å². The first-order valence-electron chi connectivity index (χ1n) is 9.30. The Kier molecular flexibility index (Phi) is 3.26. The van der Waals surface area contributed by atoms with Gasteiger partial charge in [-0.15, -0.1) is 0 Å². The van der Waals surface area contributed by atoms with Gasteiger partial charge >= 0.3 is 6.09 Å². The molecule has 4 bridgehead atoms. The summed E-state index contributed by atoms with van der Waals surface area (Å²) >= 11 is 0. The molecule has 2 amide bonds. The monoisotopic (exact) mass is 310 g/mol. The minimum absolute atomic E-state index is 0.485. The highest BCUT2D eigenvalue weighted by Crippen LogP contribution is 2.61. The van der Waals surface area contributed by atoms with Crippen LogP contribution in [0.3, 0.4) is 0 Å². The summed E-state index contributed by atoms with van der Waals surface area (Å²) < 4.78 is 17.0. The van der Waals surface area contributed by atoms with Crippen LogP contribution < -0.4 is 10.8 Å². The Balaban J connectivity index is 1.64. The Morgan fingerprint density at radius 1 is 1.14 bits per heavy atom. The molecule has 0 aromatic rings. The van der Waals surface area contributed by atoms with Gasteiger partial charge in [0.1, 0.15) is 0 Å². The molecule has 0 aliphatic heterocycles. The van der Waals surface area contributed by atoms with Crippen LogP contribution in [0.15, 0.2) is 0 Å².